The summed E-state index contributed by atoms with van der Waals surface area (Å²) in [5, 5.41) is 2.62. The second-order valence-electron chi connectivity index (χ2n) is 2.35. The molecule has 52 valence electrons. The van der Waals surface area contributed by atoms with Crippen molar-refractivity contribution in [3.05, 3.63) is 48.5 Å². The van der Waals surface area contributed by atoms with Gasteiger partial charge in [0, 0.05) is 21.7 Å². The Bertz CT molecular complexity index is 276. The fraction of sp³-hybridized carbons (Fsp3) is 0. The summed E-state index contributed by atoms with van der Waals surface area (Å²) in [4.78, 5) is 0. The molecule has 0 aliphatic carbocycles. The molecule has 0 radical (unpaired) electrons. The van der Waals surface area contributed by atoms with Crippen molar-refractivity contribution >= 4 is 10.8 Å². The van der Waals surface area contributed by atoms with Crippen LogP contribution < -0.4 is 0 Å². The molecule has 0 saturated carbocycles. The van der Waals surface area contributed by atoms with Crippen LogP contribution in [0.2, 0.25) is 0 Å². The van der Waals surface area contributed by atoms with Gasteiger partial charge in [0.05, 0.1) is 0 Å². The Kier molecular flexibility index (Phi) is 2.87. The van der Waals surface area contributed by atoms with Crippen LogP contribution in [-0.4, -0.2) is 0 Å². The minimum atomic E-state index is 0. The molecule has 0 aliphatic rings. The number of hydrogen-bond acceptors (Lipinski definition) is 0. The molecule has 0 atom stereocenters. The van der Waals surface area contributed by atoms with Crippen molar-refractivity contribution in [3.63, 3.8) is 0 Å². The largest absolute Gasteiger partial charge is 0.0616 e. The Labute approximate surface area is 81.1 Å². The van der Waals surface area contributed by atoms with Gasteiger partial charge in [-0.05, 0) is 10.8 Å². The Balaban J connectivity index is 0.000000605. The molecule has 0 spiro atoms. The SMILES string of the molecule is [Ti].c1ccc2ccccc2c1. The van der Waals surface area contributed by atoms with E-state index in [1.165, 1.54) is 10.8 Å². The first-order valence-corrected chi connectivity index (χ1v) is 3.40. The maximum absolute atomic E-state index is 2.12. The zero-order valence-corrected chi connectivity index (χ0v) is 7.68. The third-order valence-corrected chi connectivity index (χ3v) is 1.66. The van der Waals surface area contributed by atoms with Crippen LogP contribution in [0.5, 0.6) is 0 Å². The molecule has 0 heterocycles. The number of rotatable bonds is 0. The standard InChI is InChI=1S/C10H8.Ti/c1-2-6-10-8-4-3-7-9(10)5-1;/h1-8H;. The quantitative estimate of drug-likeness (QED) is 0.541. The van der Waals surface area contributed by atoms with E-state index in [9.17, 15) is 0 Å². The molecule has 2 aromatic carbocycles. The van der Waals surface area contributed by atoms with Crippen LogP contribution in [0.25, 0.3) is 10.8 Å². The van der Waals surface area contributed by atoms with Gasteiger partial charge in [0.25, 0.3) is 0 Å². The molecular formula is C10H8Ti. The predicted molar refractivity (Wildman–Crippen MR) is 43.9 cm³/mol. The van der Waals surface area contributed by atoms with Gasteiger partial charge in [-0.1, -0.05) is 48.5 Å². The average Bonchev–Trinajstić information content (AvgIpc) is 2.05. The topological polar surface area (TPSA) is 0 Å². The van der Waals surface area contributed by atoms with Gasteiger partial charge in [-0.2, -0.15) is 0 Å². The van der Waals surface area contributed by atoms with Gasteiger partial charge >= 0.3 is 0 Å². The molecule has 0 aliphatic heterocycles. The molecule has 0 bridgehead atoms. The van der Waals surface area contributed by atoms with Crippen LogP contribution in [0.3, 0.4) is 0 Å². The summed E-state index contributed by atoms with van der Waals surface area (Å²) in [5.74, 6) is 0. The van der Waals surface area contributed by atoms with E-state index in [1.54, 1.807) is 0 Å². The van der Waals surface area contributed by atoms with Crippen LogP contribution in [0.4, 0.5) is 0 Å². The van der Waals surface area contributed by atoms with Crippen molar-refractivity contribution in [2.24, 2.45) is 0 Å². The molecular weight excluding hydrogens is 168 g/mol. The van der Waals surface area contributed by atoms with Gasteiger partial charge in [0.1, 0.15) is 0 Å². The van der Waals surface area contributed by atoms with Crippen LogP contribution in [0.15, 0.2) is 48.5 Å². The molecule has 2 rings (SSSR count). The molecule has 0 aromatic heterocycles. The van der Waals surface area contributed by atoms with Crippen molar-refractivity contribution in [3.8, 4) is 0 Å². The van der Waals surface area contributed by atoms with Gasteiger partial charge in [0.2, 0.25) is 0 Å². The summed E-state index contributed by atoms with van der Waals surface area (Å²) in [6.45, 7) is 0. The maximum atomic E-state index is 2.12. The third kappa shape index (κ3) is 1.71. The molecule has 1 heteroatoms. The fourth-order valence-corrected chi connectivity index (χ4v) is 1.13. The predicted octanol–water partition coefficient (Wildman–Crippen LogP) is 2.84. The third-order valence-electron chi connectivity index (χ3n) is 1.66. The molecule has 0 N–H and O–H groups in total. The molecule has 0 fully saturated rings. The first-order valence-electron chi connectivity index (χ1n) is 3.40. The summed E-state index contributed by atoms with van der Waals surface area (Å²) in [5.41, 5.74) is 0. The maximum Gasteiger partial charge on any atom is 0 e. The average molecular weight is 176 g/mol. The Morgan fingerprint density at radius 2 is 0.818 bits per heavy atom. The first-order chi connectivity index (χ1) is 4.97. The minimum Gasteiger partial charge on any atom is -0.0616 e. The van der Waals surface area contributed by atoms with Gasteiger partial charge in [0.15, 0.2) is 0 Å². The molecule has 0 saturated heterocycles. The Hall–Kier alpha value is -0.586. The zero-order chi connectivity index (χ0) is 6.81. The van der Waals surface area contributed by atoms with Crippen LogP contribution >= 0.6 is 0 Å². The second kappa shape index (κ2) is 3.70. The van der Waals surface area contributed by atoms with Crippen molar-refractivity contribution in [1.82, 2.24) is 0 Å². The minimum absolute atomic E-state index is 0. The van der Waals surface area contributed by atoms with Crippen LogP contribution in [0.1, 0.15) is 0 Å². The van der Waals surface area contributed by atoms with Gasteiger partial charge < -0.3 is 0 Å². The molecule has 0 amide bonds. The van der Waals surface area contributed by atoms with Gasteiger partial charge in [-0.3, -0.25) is 0 Å². The molecule has 11 heavy (non-hydrogen) atoms. The van der Waals surface area contributed by atoms with Crippen LogP contribution in [0, 0.1) is 0 Å². The summed E-state index contributed by atoms with van der Waals surface area (Å²) in [7, 11) is 0. The molecule has 2 aromatic rings. The molecule has 0 unspecified atom stereocenters. The molecule has 0 nitrogen and oxygen atoms in total. The van der Waals surface area contributed by atoms with Crippen molar-refractivity contribution in [1.29, 1.82) is 0 Å². The Morgan fingerprint density at radius 3 is 1.09 bits per heavy atom. The van der Waals surface area contributed by atoms with Crippen LogP contribution in [-0.2, 0) is 21.7 Å². The van der Waals surface area contributed by atoms with E-state index in [-0.39, 0.29) is 21.7 Å². The summed E-state index contributed by atoms with van der Waals surface area (Å²) < 4.78 is 0. The summed E-state index contributed by atoms with van der Waals surface area (Å²) >= 11 is 0. The Morgan fingerprint density at radius 1 is 0.545 bits per heavy atom. The summed E-state index contributed by atoms with van der Waals surface area (Å²) in [6.07, 6.45) is 0. The van der Waals surface area contributed by atoms with E-state index in [2.05, 4.69) is 48.5 Å². The number of hydrogen-bond donors (Lipinski definition) is 0. The van der Waals surface area contributed by atoms with Crippen molar-refractivity contribution in [2.45, 2.75) is 0 Å². The normalized spacial score (nSPS) is 9.09. The fourth-order valence-electron chi connectivity index (χ4n) is 1.13. The van der Waals surface area contributed by atoms with E-state index in [0.29, 0.717) is 0 Å². The number of fused-ring (bicyclic) bond motifs is 1. The van der Waals surface area contributed by atoms with E-state index in [0.717, 1.165) is 0 Å². The van der Waals surface area contributed by atoms with Gasteiger partial charge in [-0.25, -0.2) is 0 Å². The summed E-state index contributed by atoms with van der Waals surface area (Å²) in [6, 6.07) is 16.7. The van der Waals surface area contributed by atoms with E-state index in [4.69, 9.17) is 0 Å². The van der Waals surface area contributed by atoms with Gasteiger partial charge in [-0.15, -0.1) is 0 Å². The monoisotopic (exact) mass is 176 g/mol. The van der Waals surface area contributed by atoms with E-state index >= 15 is 0 Å². The van der Waals surface area contributed by atoms with E-state index in [1.807, 2.05) is 0 Å². The first kappa shape index (κ1) is 8.51. The zero-order valence-electron chi connectivity index (χ0n) is 6.12. The second-order valence-corrected chi connectivity index (χ2v) is 2.35. The number of benzene rings is 2. The van der Waals surface area contributed by atoms with Crippen molar-refractivity contribution < 1.29 is 21.7 Å². The van der Waals surface area contributed by atoms with E-state index < -0.39 is 0 Å². The smallest absolute Gasteiger partial charge is 0 e. The van der Waals surface area contributed by atoms with Crippen molar-refractivity contribution in [2.75, 3.05) is 0 Å².